The van der Waals surface area contributed by atoms with Crippen LogP contribution in [0, 0.1) is 11.8 Å². The highest BCUT2D eigenvalue weighted by molar-refractivity contribution is 6.20. The number of benzene rings is 1. The summed E-state index contributed by atoms with van der Waals surface area (Å²) in [6.07, 6.45) is -4.48. The Hall–Kier alpha value is -2.91. The van der Waals surface area contributed by atoms with Gasteiger partial charge in [-0.2, -0.15) is 13.2 Å². The fraction of sp³-hybridized carbons (Fsp3) is 0.412. The summed E-state index contributed by atoms with van der Waals surface area (Å²) in [5.74, 6) is -6.09. The Morgan fingerprint density at radius 1 is 1.22 bits per heavy atom. The summed E-state index contributed by atoms with van der Waals surface area (Å²) in [6, 6.07) is 4.21. The van der Waals surface area contributed by atoms with Gasteiger partial charge in [-0.3, -0.25) is 19.2 Å². The number of ketones is 1. The van der Waals surface area contributed by atoms with Crippen LogP contribution in [-0.2, 0) is 31.9 Å². The van der Waals surface area contributed by atoms with Crippen molar-refractivity contribution in [2.45, 2.75) is 19.6 Å². The van der Waals surface area contributed by atoms with Crippen LogP contribution in [0.25, 0.3) is 0 Å². The number of hydrogen-bond donors (Lipinski definition) is 2. The highest BCUT2D eigenvalue weighted by atomic mass is 19.4. The molecule has 0 radical (unpaired) electrons. The minimum Gasteiger partial charge on any atom is -0.480 e. The number of piperidine rings is 1. The SMILES string of the molecule is CC1CN(Cc2ccc(C(F)(F)F)cc2)C(=O)C(C(=O)NCC(=O)O)C1=O. The predicted molar refractivity (Wildman–Crippen MR) is 85.2 cm³/mol. The first-order chi connectivity index (χ1) is 12.5. The molecule has 0 spiro atoms. The molecule has 146 valence electrons. The minimum atomic E-state index is -4.48. The Morgan fingerprint density at radius 3 is 2.33 bits per heavy atom. The maximum atomic E-state index is 12.6. The topological polar surface area (TPSA) is 104 Å². The van der Waals surface area contributed by atoms with E-state index in [1.807, 2.05) is 5.32 Å². The molecule has 1 aliphatic rings. The molecule has 1 saturated heterocycles. The second-order valence-corrected chi connectivity index (χ2v) is 6.26. The second-order valence-electron chi connectivity index (χ2n) is 6.26. The summed E-state index contributed by atoms with van der Waals surface area (Å²) in [7, 11) is 0. The molecule has 27 heavy (non-hydrogen) atoms. The number of aliphatic carboxylic acids is 1. The van der Waals surface area contributed by atoms with Crippen molar-refractivity contribution in [2.24, 2.45) is 11.8 Å². The predicted octanol–water partition coefficient (Wildman–Crippen LogP) is 1.07. The van der Waals surface area contributed by atoms with Crippen LogP contribution in [-0.4, -0.2) is 46.7 Å². The zero-order chi connectivity index (χ0) is 20.4. The molecule has 2 atom stereocenters. The van der Waals surface area contributed by atoms with E-state index in [0.29, 0.717) is 5.56 Å². The van der Waals surface area contributed by atoms with Gasteiger partial charge in [-0.15, -0.1) is 0 Å². The lowest BCUT2D eigenvalue weighted by Gasteiger charge is -2.34. The van der Waals surface area contributed by atoms with Crippen LogP contribution in [0.15, 0.2) is 24.3 Å². The van der Waals surface area contributed by atoms with Crippen LogP contribution in [0.1, 0.15) is 18.1 Å². The lowest BCUT2D eigenvalue weighted by molar-refractivity contribution is -0.155. The molecule has 0 bridgehead atoms. The molecule has 10 heteroatoms. The highest BCUT2D eigenvalue weighted by Crippen LogP contribution is 2.29. The van der Waals surface area contributed by atoms with E-state index < -0.39 is 53.7 Å². The van der Waals surface area contributed by atoms with Gasteiger partial charge in [-0.25, -0.2) is 0 Å². The van der Waals surface area contributed by atoms with E-state index in [1.165, 1.54) is 24.0 Å². The molecule has 1 heterocycles. The van der Waals surface area contributed by atoms with Crippen molar-refractivity contribution < 1.29 is 37.5 Å². The quantitative estimate of drug-likeness (QED) is 0.737. The molecule has 2 unspecified atom stereocenters. The number of carbonyl (C=O) groups is 4. The van der Waals surface area contributed by atoms with Crippen LogP contribution in [0.4, 0.5) is 13.2 Å². The Balaban J connectivity index is 2.15. The van der Waals surface area contributed by atoms with Crippen LogP contribution in [0.3, 0.4) is 0 Å². The molecular weight excluding hydrogens is 369 g/mol. The fourth-order valence-electron chi connectivity index (χ4n) is 2.77. The molecule has 0 aliphatic carbocycles. The maximum absolute atomic E-state index is 12.6. The molecule has 0 aromatic heterocycles. The van der Waals surface area contributed by atoms with Crippen molar-refractivity contribution in [3.05, 3.63) is 35.4 Å². The summed E-state index contributed by atoms with van der Waals surface area (Å²) < 4.78 is 37.8. The molecule has 1 aromatic rings. The molecule has 1 aliphatic heterocycles. The van der Waals surface area contributed by atoms with Crippen LogP contribution < -0.4 is 5.32 Å². The van der Waals surface area contributed by atoms with Gasteiger partial charge >= 0.3 is 12.1 Å². The number of hydrogen-bond acceptors (Lipinski definition) is 4. The van der Waals surface area contributed by atoms with Crippen LogP contribution in [0.5, 0.6) is 0 Å². The van der Waals surface area contributed by atoms with E-state index in [9.17, 15) is 32.3 Å². The summed E-state index contributed by atoms with van der Waals surface area (Å²) in [5.41, 5.74) is -0.423. The van der Waals surface area contributed by atoms with Crippen LogP contribution in [0.2, 0.25) is 0 Å². The van der Waals surface area contributed by atoms with Gasteiger partial charge < -0.3 is 15.3 Å². The average molecular weight is 386 g/mol. The first kappa shape index (κ1) is 20.4. The van der Waals surface area contributed by atoms with Crippen molar-refractivity contribution in [2.75, 3.05) is 13.1 Å². The third kappa shape index (κ3) is 4.83. The molecule has 1 aromatic carbocycles. The van der Waals surface area contributed by atoms with Crippen molar-refractivity contribution in [1.82, 2.24) is 10.2 Å². The standard InChI is InChI=1S/C17H17F3N2O5/c1-9-7-22(8-10-2-4-11(5-3-10)17(18,19)20)16(27)13(14(9)25)15(26)21-6-12(23)24/h2-5,9,13H,6-8H2,1H3,(H,21,26)(H,23,24). The van der Waals surface area contributed by atoms with Gasteiger partial charge in [-0.05, 0) is 17.7 Å². The van der Waals surface area contributed by atoms with Crippen molar-refractivity contribution in [1.29, 1.82) is 0 Å². The monoisotopic (exact) mass is 386 g/mol. The Kier molecular flexibility index (Phi) is 5.87. The van der Waals surface area contributed by atoms with Gasteiger partial charge in [0.15, 0.2) is 11.7 Å². The lowest BCUT2D eigenvalue weighted by Crippen LogP contribution is -2.55. The van der Waals surface area contributed by atoms with E-state index in [4.69, 9.17) is 5.11 Å². The summed E-state index contributed by atoms with van der Waals surface area (Å²) in [4.78, 5) is 48.5. The van der Waals surface area contributed by atoms with E-state index >= 15 is 0 Å². The van der Waals surface area contributed by atoms with Gasteiger partial charge in [-0.1, -0.05) is 19.1 Å². The molecule has 1 fully saturated rings. The van der Waals surface area contributed by atoms with Gasteiger partial charge in [0, 0.05) is 19.0 Å². The van der Waals surface area contributed by atoms with Crippen molar-refractivity contribution in [3.8, 4) is 0 Å². The van der Waals surface area contributed by atoms with Gasteiger partial charge in [0.1, 0.15) is 6.54 Å². The second kappa shape index (κ2) is 7.77. The van der Waals surface area contributed by atoms with E-state index in [2.05, 4.69) is 0 Å². The number of carboxylic acids is 1. The number of Topliss-reactive ketones (excluding diaryl/α,β-unsaturated/α-hetero) is 1. The average Bonchev–Trinajstić information content (AvgIpc) is 2.57. The number of amides is 2. The molecule has 7 nitrogen and oxygen atoms in total. The largest absolute Gasteiger partial charge is 0.480 e. The maximum Gasteiger partial charge on any atom is 0.416 e. The number of carbonyl (C=O) groups excluding carboxylic acids is 3. The Bertz CT molecular complexity index is 761. The Labute approximate surface area is 152 Å². The zero-order valence-corrected chi connectivity index (χ0v) is 14.2. The zero-order valence-electron chi connectivity index (χ0n) is 14.2. The minimum absolute atomic E-state index is 0.0153. The number of rotatable bonds is 5. The van der Waals surface area contributed by atoms with Crippen molar-refractivity contribution in [3.63, 3.8) is 0 Å². The summed E-state index contributed by atoms with van der Waals surface area (Å²) in [5, 5.41) is 10.6. The smallest absolute Gasteiger partial charge is 0.416 e. The number of nitrogens with one attached hydrogen (secondary N) is 1. The molecular formula is C17H17F3N2O5. The third-order valence-electron chi connectivity index (χ3n) is 4.15. The lowest BCUT2D eigenvalue weighted by atomic mass is 9.87. The third-order valence-corrected chi connectivity index (χ3v) is 4.15. The van der Waals surface area contributed by atoms with Crippen molar-refractivity contribution >= 4 is 23.6 Å². The van der Waals surface area contributed by atoms with E-state index in [1.54, 1.807) is 0 Å². The fourth-order valence-corrected chi connectivity index (χ4v) is 2.77. The number of alkyl halides is 3. The number of carboxylic acid groups (broad SMARTS) is 1. The number of halogens is 3. The van der Waals surface area contributed by atoms with Gasteiger partial charge in [0.05, 0.1) is 5.56 Å². The number of nitrogens with zero attached hydrogens (tertiary/aromatic N) is 1. The van der Waals surface area contributed by atoms with Crippen LogP contribution >= 0.6 is 0 Å². The summed E-state index contributed by atoms with van der Waals surface area (Å²) >= 11 is 0. The van der Waals surface area contributed by atoms with E-state index in [0.717, 1.165) is 12.1 Å². The Morgan fingerprint density at radius 2 is 1.81 bits per heavy atom. The first-order valence-corrected chi connectivity index (χ1v) is 7.99. The summed E-state index contributed by atoms with van der Waals surface area (Å²) in [6.45, 7) is 0.730. The normalized spacial score (nSPS) is 20.5. The molecule has 2 amide bonds. The van der Waals surface area contributed by atoms with Gasteiger partial charge in [0.25, 0.3) is 0 Å². The van der Waals surface area contributed by atoms with Gasteiger partial charge in [0.2, 0.25) is 11.8 Å². The highest BCUT2D eigenvalue weighted by Gasteiger charge is 2.44. The first-order valence-electron chi connectivity index (χ1n) is 7.99. The number of likely N-dealkylation sites (tertiary alicyclic amines) is 1. The molecule has 2 N–H and O–H groups in total. The molecule has 0 saturated carbocycles. The van der Waals surface area contributed by atoms with E-state index in [-0.39, 0.29) is 13.1 Å². The molecule has 2 rings (SSSR count).